The van der Waals surface area contributed by atoms with E-state index in [9.17, 15) is 22.8 Å². The smallest absolute Gasteiger partial charge is 0.471 e. The first-order chi connectivity index (χ1) is 13.6. The summed E-state index contributed by atoms with van der Waals surface area (Å²) < 4.78 is 51.6. The number of esters is 1. The molecule has 0 bridgehead atoms. The van der Waals surface area contributed by atoms with Crippen molar-refractivity contribution in [3.8, 4) is 5.75 Å². The molecule has 1 unspecified atom stereocenters. The zero-order valence-electron chi connectivity index (χ0n) is 16.4. The highest BCUT2D eigenvalue weighted by Gasteiger charge is 2.55. The highest BCUT2D eigenvalue weighted by atomic mass is 19.4. The van der Waals surface area contributed by atoms with Gasteiger partial charge in [0.05, 0.1) is 13.7 Å². The molecular formula is C20H22F3N2O4+. The monoisotopic (exact) mass is 411 g/mol. The number of amides is 1. The molecule has 29 heavy (non-hydrogen) atoms. The Morgan fingerprint density at radius 3 is 2.59 bits per heavy atom. The van der Waals surface area contributed by atoms with Crippen LogP contribution in [0, 0.1) is 0 Å². The average molecular weight is 411 g/mol. The summed E-state index contributed by atoms with van der Waals surface area (Å²) in [5, 5.41) is 1.97. The van der Waals surface area contributed by atoms with Gasteiger partial charge in [-0.1, -0.05) is 6.07 Å². The lowest BCUT2D eigenvalue weighted by molar-refractivity contribution is -0.484. The Labute approximate surface area is 166 Å². The van der Waals surface area contributed by atoms with Crippen LogP contribution in [-0.4, -0.2) is 61.7 Å². The van der Waals surface area contributed by atoms with Crippen LogP contribution in [0.5, 0.6) is 5.75 Å². The molecule has 156 valence electrons. The largest absolute Gasteiger partial charge is 0.497 e. The number of carbonyl (C=O) groups is 2. The summed E-state index contributed by atoms with van der Waals surface area (Å²) in [5.74, 6) is -2.60. The van der Waals surface area contributed by atoms with Crippen molar-refractivity contribution < 1.29 is 36.8 Å². The van der Waals surface area contributed by atoms with Crippen molar-refractivity contribution >= 4 is 23.7 Å². The molecule has 1 atom stereocenters. The third-order valence-electron chi connectivity index (χ3n) is 5.10. The first-order valence-electron chi connectivity index (χ1n) is 9.15. The zero-order valence-corrected chi connectivity index (χ0v) is 16.4. The molecule has 0 saturated heterocycles. The number of benzene rings is 1. The van der Waals surface area contributed by atoms with Crippen molar-refractivity contribution in [2.24, 2.45) is 0 Å². The molecule has 0 radical (unpaired) electrons. The van der Waals surface area contributed by atoms with Gasteiger partial charge in [-0.15, -0.1) is 0 Å². The maximum absolute atomic E-state index is 13.1. The number of nitrogens with one attached hydrogen (secondary N) is 1. The Morgan fingerprint density at radius 1 is 1.31 bits per heavy atom. The molecule has 1 heterocycles. The van der Waals surface area contributed by atoms with Gasteiger partial charge in [0, 0.05) is 24.0 Å². The second kappa shape index (κ2) is 7.53. The van der Waals surface area contributed by atoms with E-state index in [-0.39, 0.29) is 13.0 Å². The summed E-state index contributed by atoms with van der Waals surface area (Å²) in [6.45, 7) is 2.18. The molecule has 1 amide bonds. The van der Waals surface area contributed by atoms with E-state index in [0.29, 0.717) is 41.0 Å². The molecule has 0 aromatic heterocycles. The van der Waals surface area contributed by atoms with Crippen LogP contribution >= 0.6 is 0 Å². The lowest BCUT2D eigenvalue weighted by atomic mass is 9.86. The van der Waals surface area contributed by atoms with Crippen LogP contribution in [0.4, 0.5) is 13.2 Å². The lowest BCUT2D eigenvalue weighted by Crippen LogP contribution is -2.58. The number of methoxy groups -OCH3 is 1. The molecule has 0 spiro atoms. The van der Waals surface area contributed by atoms with E-state index >= 15 is 0 Å². The van der Waals surface area contributed by atoms with Crippen molar-refractivity contribution in [1.82, 2.24) is 5.32 Å². The van der Waals surface area contributed by atoms with Gasteiger partial charge in [-0.25, -0.2) is 9.37 Å². The van der Waals surface area contributed by atoms with Gasteiger partial charge in [-0.05, 0) is 30.2 Å². The second-order valence-corrected chi connectivity index (χ2v) is 7.04. The third kappa shape index (κ3) is 3.73. The average Bonchev–Trinajstić information content (AvgIpc) is 3.21. The second-order valence-electron chi connectivity index (χ2n) is 7.04. The van der Waals surface area contributed by atoms with Gasteiger partial charge in [-0.3, -0.25) is 4.79 Å². The van der Waals surface area contributed by atoms with E-state index in [2.05, 4.69) is 0 Å². The number of alkyl halides is 3. The van der Waals surface area contributed by atoms with E-state index in [4.69, 9.17) is 9.47 Å². The van der Waals surface area contributed by atoms with Crippen molar-refractivity contribution in [3.05, 3.63) is 34.9 Å². The van der Waals surface area contributed by atoms with Gasteiger partial charge in [0.25, 0.3) is 0 Å². The molecule has 1 aromatic carbocycles. The SMILES string of the molecule is CCOC(=O)C1(NC(=O)C(F)(F)F)Cc2cc(OC)ccc2/C1=C1/C=[N+](C)CC1. The number of rotatable bonds is 4. The maximum Gasteiger partial charge on any atom is 0.471 e. The molecule has 9 heteroatoms. The molecule has 0 fully saturated rings. The molecule has 1 aliphatic carbocycles. The van der Waals surface area contributed by atoms with Crippen molar-refractivity contribution in [3.63, 3.8) is 0 Å². The summed E-state index contributed by atoms with van der Waals surface area (Å²) in [5.41, 5.74) is 0.268. The Kier molecular flexibility index (Phi) is 5.42. The summed E-state index contributed by atoms with van der Waals surface area (Å²) in [7, 11) is 3.30. The van der Waals surface area contributed by atoms with E-state index in [1.807, 2.05) is 16.9 Å². The molecule has 0 saturated carbocycles. The number of ether oxygens (including phenoxy) is 2. The van der Waals surface area contributed by atoms with Gasteiger partial charge >= 0.3 is 18.1 Å². The van der Waals surface area contributed by atoms with Crippen LogP contribution in [0.15, 0.2) is 23.8 Å². The van der Waals surface area contributed by atoms with Gasteiger partial charge in [0.2, 0.25) is 0 Å². The molecule has 6 nitrogen and oxygen atoms in total. The fourth-order valence-corrected chi connectivity index (χ4v) is 3.87. The molecule has 1 N–H and O–H groups in total. The number of carbonyl (C=O) groups excluding carboxylic acids is 2. The van der Waals surface area contributed by atoms with Crippen molar-refractivity contribution in [1.29, 1.82) is 0 Å². The van der Waals surface area contributed by atoms with Gasteiger partial charge in [0.15, 0.2) is 11.8 Å². The van der Waals surface area contributed by atoms with Gasteiger partial charge in [0.1, 0.15) is 19.3 Å². The normalized spacial score (nSPS) is 23.4. The molecule has 1 aromatic rings. The minimum atomic E-state index is -5.14. The quantitative estimate of drug-likeness (QED) is 0.609. The number of nitrogens with zero attached hydrogens (tertiary/aromatic N) is 1. The van der Waals surface area contributed by atoms with E-state index < -0.39 is 23.6 Å². The standard InChI is InChI=1S/C20H21F3N2O4/c1-4-29-18(27)19(24-17(26)20(21,22)23)10-13-9-14(28-3)5-6-15(13)16(19)12-7-8-25(2)11-12/h5-6,9,11H,4,7-8,10H2,1-3H3/p+1/b16-12-. The molecule has 1 aliphatic heterocycles. The van der Waals surface area contributed by atoms with Crippen LogP contribution in [-0.2, 0) is 20.7 Å². The summed E-state index contributed by atoms with van der Waals surface area (Å²) in [4.78, 5) is 24.9. The number of halogens is 3. The predicted molar refractivity (Wildman–Crippen MR) is 98.9 cm³/mol. The molecular weight excluding hydrogens is 389 g/mol. The van der Waals surface area contributed by atoms with E-state index in [1.54, 1.807) is 31.3 Å². The highest BCUT2D eigenvalue weighted by molar-refractivity contribution is 6.09. The van der Waals surface area contributed by atoms with Crippen LogP contribution in [0.25, 0.3) is 5.57 Å². The lowest BCUT2D eigenvalue weighted by Gasteiger charge is -2.30. The highest BCUT2D eigenvalue weighted by Crippen LogP contribution is 2.45. The van der Waals surface area contributed by atoms with Crippen molar-refractivity contribution in [2.45, 2.75) is 31.5 Å². The zero-order chi connectivity index (χ0) is 21.4. The predicted octanol–water partition coefficient (Wildman–Crippen LogP) is 2.10. The molecule has 2 aliphatic rings. The Bertz CT molecular complexity index is 921. The fourth-order valence-electron chi connectivity index (χ4n) is 3.87. The van der Waals surface area contributed by atoms with Crippen LogP contribution in [0.3, 0.4) is 0 Å². The summed E-state index contributed by atoms with van der Waals surface area (Å²) in [6.07, 6.45) is -2.99. The topological polar surface area (TPSA) is 67.6 Å². The van der Waals surface area contributed by atoms with E-state index in [1.165, 1.54) is 7.11 Å². The van der Waals surface area contributed by atoms with Crippen LogP contribution in [0.1, 0.15) is 24.5 Å². The maximum atomic E-state index is 13.1. The first-order valence-corrected chi connectivity index (χ1v) is 9.15. The summed E-state index contributed by atoms with van der Waals surface area (Å²) in [6, 6.07) is 5.03. The minimum Gasteiger partial charge on any atom is -0.497 e. The van der Waals surface area contributed by atoms with Crippen LogP contribution in [0.2, 0.25) is 0 Å². The fraction of sp³-hybridized carbons (Fsp3) is 0.450. The number of hydrogen-bond acceptors (Lipinski definition) is 4. The Balaban J connectivity index is 2.24. The van der Waals surface area contributed by atoms with Gasteiger partial charge in [-0.2, -0.15) is 13.2 Å². The van der Waals surface area contributed by atoms with Crippen LogP contribution < -0.4 is 10.1 Å². The van der Waals surface area contributed by atoms with Gasteiger partial charge < -0.3 is 14.8 Å². The number of hydrogen-bond donors (Lipinski definition) is 1. The molecule has 3 rings (SSSR count). The Morgan fingerprint density at radius 2 is 2.03 bits per heavy atom. The summed E-state index contributed by atoms with van der Waals surface area (Å²) >= 11 is 0. The van der Waals surface area contributed by atoms with E-state index in [0.717, 1.165) is 0 Å². The Hall–Kier alpha value is -2.84. The first kappa shape index (κ1) is 20.9. The minimum absolute atomic E-state index is 0.0334. The third-order valence-corrected chi connectivity index (χ3v) is 5.10. The number of fused-ring (bicyclic) bond motifs is 1. The van der Waals surface area contributed by atoms with Crippen molar-refractivity contribution in [2.75, 3.05) is 27.3 Å².